The summed E-state index contributed by atoms with van der Waals surface area (Å²) in [6.45, 7) is 0. The second kappa shape index (κ2) is 12.2. The van der Waals surface area contributed by atoms with E-state index >= 15 is 0 Å². The van der Waals surface area contributed by atoms with E-state index in [4.69, 9.17) is 4.99 Å². The number of aliphatic imine (C=N–C) groups is 1. The number of carbonyl (C=O) groups is 2. The Hall–Kier alpha value is -4.77. The van der Waals surface area contributed by atoms with E-state index in [0.717, 1.165) is 36.8 Å². The molecular weight excluding hydrogens is 506 g/mol. The van der Waals surface area contributed by atoms with Gasteiger partial charge in [-0.3, -0.25) is 14.5 Å². The highest BCUT2D eigenvalue weighted by Crippen LogP contribution is 2.39. The van der Waals surface area contributed by atoms with Crippen LogP contribution in [0.15, 0.2) is 126 Å². The van der Waals surface area contributed by atoms with Crippen molar-refractivity contribution < 1.29 is 9.59 Å². The lowest BCUT2D eigenvalue weighted by molar-refractivity contribution is -0.126. The van der Waals surface area contributed by atoms with E-state index in [1.165, 1.54) is 6.42 Å². The number of nitrogens with zero attached hydrogens (tertiary/aromatic N) is 2. The fourth-order valence-electron chi connectivity index (χ4n) is 5.78. The molecule has 5 heteroatoms. The number of allylic oxidation sites excluding steroid dienone is 1. The number of para-hydroxylation sites is 1. The maximum atomic E-state index is 14.6. The second-order valence-corrected chi connectivity index (χ2v) is 10.6. The summed E-state index contributed by atoms with van der Waals surface area (Å²) in [7, 11) is 0. The molecule has 1 N–H and O–H groups in total. The van der Waals surface area contributed by atoms with Crippen molar-refractivity contribution in [2.75, 3.05) is 0 Å². The van der Waals surface area contributed by atoms with Crippen LogP contribution in [0.5, 0.6) is 0 Å². The molecule has 6 rings (SSSR count). The number of carbonyl (C=O) groups excluding carboxylic acids is 2. The molecule has 0 bridgehead atoms. The maximum Gasteiger partial charge on any atom is 0.259 e. The van der Waals surface area contributed by atoms with Crippen LogP contribution < -0.4 is 5.32 Å². The van der Waals surface area contributed by atoms with Gasteiger partial charge in [0.2, 0.25) is 5.91 Å². The second-order valence-electron chi connectivity index (χ2n) is 10.6. The summed E-state index contributed by atoms with van der Waals surface area (Å²) < 4.78 is 0. The van der Waals surface area contributed by atoms with Gasteiger partial charge in [0, 0.05) is 22.7 Å². The summed E-state index contributed by atoms with van der Waals surface area (Å²) >= 11 is 0. The van der Waals surface area contributed by atoms with Crippen molar-refractivity contribution in [1.82, 2.24) is 10.2 Å². The molecule has 1 aliphatic heterocycles. The zero-order valence-electron chi connectivity index (χ0n) is 22.9. The van der Waals surface area contributed by atoms with Gasteiger partial charge in [-0.2, -0.15) is 0 Å². The van der Waals surface area contributed by atoms with Crippen molar-refractivity contribution in [3.8, 4) is 0 Å². The lowest BCUT2D eigenvalue weighted by Gasteiger charge is -2.34. The van der Waals surface area contributed by atoms with Gasteiger partial charge in [0.05, 0.1) is 17.1 Å². The molecule has 41 heavy (non-hydrogen) atoms. The molecule has 1 saturated carbocycles. The van der Waals surface area contributed by atoms with Crippen LogP contribution in [0, 0.1) is 0 Å². The Bertz CT molecular complexity index is 1570. The minimum Gasteiger partial charge on any atom is -0.351 e. The first kappa shape index (κ1) is 26.5. The minimum absolute atomic E-state index is 0.0939. The van der Waals surface area contributed by atoms with Gasteiger partial charge in [-0.05, 0) is 42.7 Å². The molecule has 1 atom stereocenters. The van der Waals surface area contributed by atoms with E-state index in [1.54, 1.807) is 17.0 Å². The molecule has 0 radical (unpaired) electrons. The third-order valence-electron chi connectivity index (χ3n) is 7.81. The van der Waals surface area contributed by atoms with Crippen LogP contribution in [0.2, 0.25) is 0 Å². The highest BCUT2D eigenvalue weighted by Gasteiger charge is 2.40. The number of benzene rings is 4. The van der Waals surface area contributed by atoms with Gasteiger partial charge in [0.25, 0.3) is 5.91 Å². The molecule has 0 spiro atoms. The van der Waals surface area contributed by atoms with Gasteiger partial charge >= 0.3 is 0 Å². The van der Waals surface area contributed by atoms with E-state index in [-0.39, 0.29) is 17.9 Å². The molecule has 4 aromatic rings. The molecule has 0 saturated heterocycles. The van der Waals surface area contributed by atoms with Crippen molar-refractivity contribution in [3.63, 3.8) is 0 Å². The van der Waals surface area contributed by atoms with E-state index in [2.05, 4.69) is 5.32 Å². The van der Waals surface area contributed by atoms with Crippen molar-refractivity contribution in [3.05, 3.63) is 143 Å². The third-order valence-corrected chi connectivity index (χ3v) is 7.81. The predicted octanol–water partition coefficient (Wildman–Crippen LogP) is 7.49. The highest BCUT2D eigenvalue weighted by molar-refractivity contribution is 6.19. The standard InChI is InChI=1S/C36H33N3O2/c40-35(37-29-21-11-4-12-22-29)34-30-23-13-14-24-31(30)38-33(27-17-7-2-8-18-27)32(25-26-15-5-1-6-16-26)39(34)36(41)28-19-9-3-10-20-28/h1-3,5-10,13-20,23-25,29,34H,4,11-12,21-22H2,(H,37,40)/b32-25-. The Morgan fingerprint density at radius 2 is 1.34 bits per heavy atom. The molecule has 0 aromatic heterocycles. The Balaban J connectivity index is 1.59. The number of amides is 2. The van der Waals surface area contributed by atoms with Gasteiger partial charge in [0.15, 0.2) is 0 Å². The average molecular weight is 540 g/mol. The first-order valence-electron chi connectivity index (χ1n) is 14.4. The fraction of sp³-hybridized carbons (Fsp3) is 0.194. The van der Waals surface area contributed by atoms with Crippen LogP contribution in [0.25, 0.3) is 6.08 Å². The fourth-order valence-corrected chi connectivity index (χ4v) is 5.78. The molecule has 204 valence electrons. The van der Waals surface area contributed by atoms with Gasteiger partial charge < -0.3 is 5.32 Å². The SMILES string of the molecule is O=C(NC1CCCCC1)C1c2ccccc2N=C(c2ccccc2)/C(=C/c2ccccc2)N1C(=O)c1ccccc1. The molecular formula is C36H33N3O2. The normalized spacial score (nSPS) is 18.2. The number of hydrogen-bond donors (Lipinski definition) is 1. The Morgan fingerprint density at radius 3 is 2.05 bits per heavy atom. The van der Waals surface area contributed by atoms with Crippen LogP contribution in [-0.2, 0) is 4.79 Å². The summed E-state index contributed by atoms with van der Waals surface area (Å²) in [6, 6.07) is 35.8. The summed E-state index contributed by atoms with van der Waals surface area (Å²) in [6.07, 6.45) is 7.25. The van der Waals surface area contributed by atoms with E-state index in [1.807, 2.05) is 109 Å². The summed E-state index contributed by atoms with van der Waals surface area (Å²) in [4.78, 5) is 35.8. The number of nitrogens with one attached hydrogen (secondary N) is 1. The van der Waals surface area contributed by atoms with Gasteiger partial charge in [0.1, 0.15) is 6.04 Å². The molecule has 5 nitrogen and oxygen atoms in total. The van der Waals surface area contributed by atoms with Crippen molar-refractivity contribution in [1.29, 1.82) is 0 Å². The van der Waals surface area contributed by atoms with Crippen molar-refractivity contribution in [2.24, 2.45) is 4.99 Å². The van der Waals surface area contributed by atoms with Crippen LogP contribution in [0.1, 0.15) is 65.2 Å². The predicted molar refractivity (Wildman–Crippen MR) is 164 cm³/mol. The molecule has 1 unspecified atom stereocenters. The van der Waals surface area contributed by atoms with E-state index < -0.39 is 6.04 Å². The maximum absolute atomic E-state index is 14.6. The molecule has 4 aromatic carbocycles. The Labute approximate surface area is 241 Å². The first-order chi connectivity index (χ1) is 20.2. The van der Waals surface area contributed by atoms with Gasteiger partial charge in [-0.15, -0.1) is 0 Å². The Morgan fingerprint density at radius 1 is 0.732 bits per heavy atom. The number of fused-ring (bicyclic) bond motifs is 1. The molecule has 1 heterocycles. The van der Waals surface area contributed by atoms with Gasteiger partial charge in [-0.1, -0.05) is 116 Å². The lowest BCUT2D eigenvalue weighted by atomic mass is 9.94. The zero-order valence-corrected chi connectivity index (χ0v) is 22.9. The number of hydrogen-bond acceptors (Lipinski definition) is 3. The quantitative estimate of drug-likeness (QED) is 0.286. The van der Waals surface area contributed by atoms with Crippen LogP contribution in [-0.4, -0.2) is 28.5 Å². The Kier molecular flexibility index (Phi) is 7.85. The van der Waals surface area contributed by atoms with Crippen LogP contribution in [0.4, 0.5) is 5.69 Å². The zero-order chi connectivity index (χ0) is 28.0. The van der Waals surface area contributed by atoms with Gasteiger partial charge in [-0.25, -0.2) is 4.99 Å². The first-order valence-corrected chi connectivity index (χ1v) is 14.4. The minimum atomic E-state index is -0.902. The van der Waals surface area contributed by atoms with Crippen molar-refractivity contribution >= 4 is 29.3 Å². The largest absolute Gasteiger partial charge is 0.351 e. The molecule has 1 aliphatic carbocycles. The smallest absolute Gasteiger partial charge is 0.259 e. The van der Waals surface area contributed by atoms with Crippen LogP contribution in [0.3, 0.4) is 0 Å². The molecule has 2 amide bonds. The topological polar surface area (TPSA) is 61.8 Å². The average Bonchev–Trinajstić information content (AvgIpc) is 3.17. The van der Waals surface area contributed by atoms with Crippen LogP contribution >= 0.6 is 0 Å². The third kappa shape index (κ3) is 5.75. The van der Waals surface area contributed by atoms with E-state index in [0.29, 0.717) is 28.2 Å². The highest BCUT2D eigenvalue weighted by atomic mass is 16.2. The monoisotopic (exact) mass is 539 g/mol. The molecule has 1 fully saturated rings. The van der Waals surface area contributed by atoms with E-state index in [9.17, 15) is 9.59 Å². The molecule has 2 aliphatic rings. The summed E-state index contributed by atoms with van der Waals surface area (Å²) in [5.41, 5.74) is 4.88. The number of rotatable bonds is 5. The lowest BCUT2D eigenvalue weighted by Crippen LogP contribution is -2.47. The summed E-state index contributed by atoms with van der Waals surface area (Å²) in [5, 5.41) is 3.32. The summed E-state index contributed by atoms with van der Waals surface area (Å²) in [5.74, 6) is -0.436. The van der Waals surface area contributed by atoms with Crippen molar-refractivity contribution in [2.45, 2.75) is 44.2 Å².